The predicted octanol–water partition coefficient (Wildman–Crippen LogP) is 2.91. The number of hydrogen-bond acceptors (Lipinski definition) is 5. The first-order chi connectivity index (χ1) is 10.3. The van der Waals surface area contributed by atoms with Crippen LogP contribution in [-0.2, 0) is 11.2 Å². The van der Waals surface area contributed by atoms with Crippen molar-refractivity contribution in [1.82, 2.24) is 15.2 Å². The zero-order valence-corrected chi connectivity index (χ0v) is 14.0. The molecule has 1 aromatic rings. The lowest BCUT2D eigenvalue weighted by Crippen LogP contribution is -2.38. The maximum Gasteiger partial charge on any atom is 0.123 e. The maximum atomic E-state index is 5.98. The molecule has 1 aromatic heterocycles. The Kier molecular flexibility index (Phi) is 5.27. The lowest BCUT2D eigenvalue weighted by atomic mass is 9.98. The first kappa shape index (κ1) is 15.4. The van der Waals surface area contributed by atoms with Gasteiger partial charge in [-0.2, -0.15) is 0 Å². The average Bonchev–Trinajstić information content (AvgIpc) is 2.97. The van der Waals surface area contributed by atoms with Crippen LogP contribution in [0.2, 0.25) is 0 Å². The van der Waals surface area contributed by atoms with Gasteiger partial charge in [-0.25, -0.2) is 4.98 Å². The largest absolute Gasteiger partial charge is 0.368 e. The van der Waals surface area contributed by atoms with Crippen LogP contribution in [0.25, 0.3) is 0 Å². The molecule has 0 spiro atoms. The Morgan fingerprint density at radius 3 is 3.14 bits per heavy atom. The number of nitrogens with one attached hydrogen (secondary N) is 1. The Morgan fingerprint density at radius 2 is 2.33 bits per heavy atom. The molecular formula is C16H27N3OS. The second kappa shape index (κ2) is 7.18. The second-order valence-electron chi connectivity index (χ2n) is 6.01. The molecule has 2 aliphatic rings. The highest BCUT2D eigenvalue weighted by Gasteiger charge is 2.29. The molecule has 1 N–H and O–H groups in total. The molecule has 3 rings (SSSR count). The fourth-order valence-corrected chi connectivity index (χ4v) is 4.49. The van der Waals surface area contributed by atoms with Crippen LogP contribution in [0.5, 0.6) is 0 Å². The number of hydrogen-bond donors (Lipinski definition) is 1. The van der Waals surface area contributed by atoms with E-state index in [0.29, 0.717) is 6.04 Å². The van der Waals surface area contributed by atoms with Crippen LogP contribution >= 0.6 is 11.3 Å². The van der Waals surface area contributed by atoms with E-state index in [2.05, 4.69) is 24.1 Å². The molecule has 1 fully saturated rings. The van der Waals surface area contributed by atoms with E-state index in [1.165, 1.54) is 34.8 Å². The summed E-state index contributed by atoms with van der Waals surface area (Å²) in [7, 11) is 0. The quantitative estimate of drug-likeness (QED) is 0.907. The normalized spacial score (nSPS) is 26.8. The Balaban J connectivity index is 1.74. The van der Waals surface area contributed by atoms with Gasteiger partial charge in [0.2, 0.25) is 0 Å². The molecule has 0 aromatic carbocycles. The molecule has 0 saturated carbocycles. The van der Waals surface area contributed by atoms with Crippen LogP contribution in [0.1, 0.15) is 60.8 Å². The molecule has 118 valence electrons. The molecule has 0 bridgehead atoms. The zero-order chi connectivity index (χ0) is 14.7. The zero-order valence-electron chi connectivity index (χ0n) is 13.2. The van der Waals surface area contributed by atoms with Crippen molar-refractivity contribution >= 4 is 11.3 Å². The highest BCUT2D eigenvalue weighted by atomic mass is 32.1. The minimum Gasteiger partial charge on any atom is -0.368 e. The summed E-state index contributed by atoms with van der Waals surface area (Å²) in [6.45, 7) is 9.53. The van der Waals surface area contributed by atoms with E-state index in [0.717, 1.165) is 39.2 Å². The summed E-state index contributed by atoms with van der Waals surface area (Å²) in [5.74, 6) is 0. The van der Waals surface area contributed by atoms with Gasteiger partial charge in [0.15, 0.2) is 0 Å². The van der Waals surface area contributed by atoms with Gasteiger partial charge in [-0.3, -0.25) is 4.90 Å². The van der Waals surface area contributed by atoms with Crippen molar-refractivity contribution in [2.45, 2.75) is 51.7 Å². The summed E-state index contributed by atoms with van der Waals surface area (Å²) in [6, 6.07) is 0.519. The molecule has 2 heterocycles. The Hall–Kier alpha value is -0.490. The number of morpholine rings is 1. The van der Waals surface area contributed by atoms with Gasteiger partial charge in [-0.1, -0.05) is 13.8 Å². The minimum atomic E-state index is 0.182. The molecule has 0 amide bonds. The van der Waals surface area contributed by atoms with E-state index in [-0.39, 0.29) is 6.10 Å². The molecule has 0 radical (unpaired) electrons. The highest BCUT2D eigenvalue weighted by Crippen LogP contribution is 2.37. The SMILES string of the molecule is CCCNC1CCCc2nc(C3CN(CC)CCO3)sc21. The van der Waals surface area contributed by atoms with E-state index in [1.807, 2.05) is 11.3 Å². The van der Waals surface area contributed by atoms with Crippen molar-refractivity contribution in [2.24, 2.45) is 0 Å². The number of thiazole rings is 1. The van der Waals surface area contributed by atoms with Crippen LogP contribution in [0, 0.1) is 0 Å². The molecule has 5 heteroatoms. The van der Waals surface area contributed by atoms with E-state index >= 15 is 0 Å². The van der Waals surface area contributed by atoms with Crippen LogP contribution in [-0.4, -0.2) is 42.7 Å². The summed E-state index contributed by atoms with van der Waals surface area (Å²) in [6.07, 6.45) is 5.02. The molecule has 1 aliphatic heterocycles. The van der Waals surface area contributed by atoms with E-state index in [4.69, 9.17) is 9.72 Å². The summed E-state index contributed by atoms with van der Waals surface area (Å²) < 4.78 is 5.98. The van der Waals surface area contributed by atoms with Crippen molar-refractivity contribution < 1.29 is 4.74 Å². The second-order valence-corrected chi connectivity index (χ2v) is 7.08. The van der Waals surface area contributed by atoms with Gasteiger partial charge in [0.05, 0.1) is 12.3 Å². The number of likely N-dealkylation sites (N-methyl/N-ethyl adjacent to an activating group) is 1. The van der Waals surface area contributed by atoms with Gasteiger partial charge in [0.1, 0.15) is 11.1 Å². The summed E-state index contributed by atoms with van der Waals surface area (Å²) >= 11 is 1.89. The Morgan fingerprint density at radius 1 is 1.43 bits per heavy atom. The first-order valence-electron chi connectivity index (χ1n) is 8.38. The van der Waals surface area contributed by atoms with Crippen LogP contribution in [0.15, 0.2) is 0 Å². The van der Waals surface area contributed by atoms with Gasteiger partial charge in [-0.05, 0) is 38.8 Å². The van der Waals surface area contributed by atoms with Crippen LogP contribution < -0.4 is 5.32 Å². The summed E-state index contributed by atoms with van der Waals surface area (Å²) in [4.78, 5) is 8.86. The number of aromatic nitrogens is 1. The topological polar surface area (TPSA) is 37.4 Å². The summed E-state index contributed by atoms with van der Waals surface area (Å²) in [5.41, 5.74) is 1.33. The lowest BCUT2D eigenvalue weighted by Gasteiger charge is -2.30. The van der Waals surface area contributed by atoms with Crippen LogP contribution in [0.4, 0.5) is 0 Å². The lowest BCUT2D eigenvalue weighted by molar-refractivity contribution is -0.0283. The monoisotopic (exact) mass is 309 g/mol. The first-order valence-corrected chi connectivity index (χ1v) is 9.20. The molecule has 21 heavy (non-hydrogen) atoms. The molecule has 1 aliphatic carbocycles. The molecule has 4 nitrogen and oxygen atoms in total. The van der Waals surface area contributed by atoms with Gasteiger partial charge in [0.25, 0.3) is 0 Å². The number of aryl methyl sites for hydroxylation is 1. The van der Waals surface area contributed by atoms with Gasteiger partial charge in [0, 0.05) is 24.0 Å². The van der Waals surface area contributed by atoms with Gasteiger partial charge >= 0.3 is 0 Å². The van der Waals surface area contributed by atoms with Gasteiger partial charge in [-0.15, -0.1) is 11.3 Å². The van der Waals surface area contributed by atoms with E-state index in [9.17, 15) is 0 Å². The third-order valence-corrected chi connectivity index (χ3v) is 5.78. The number of fused-ring (bicyclic) bond motifs is 1. The Bertz CT molecular complexity index is 462. The fraction of sp³-hybridized carbons (Fsp3) is 0.812. The molecule has 2 atom stereocenters. The van der Waals surface area contributed by atoms with Crippen molar-refractivity contribution in [1.29, 1.82) is 0 Å². The predicted molar refractivity (Wildman–Crippen MR) is 86.9 cm³/mol. The minimum absolute atomic E-state index is 0.182. The summed E-state index contributed by atoms with van der Waals surface area (Å²) in [5, 5.41) is 4.88. The molecular weight excluding hydrogens is 282 g/mol. The third kappa shape index (κ3) is 3.47. The van der Waals surface area contributed by atoms with Crippen molar-refractivity contribution in [3.8, 4) is 0 Å². The van der Waals surface area contributed by atoms with Crippen molar-refractivity contribution in [2.75, 3.05) is 32.8 Å². The van der Waals surface area contributed by atoms with E-state index < -0.39 is 0 Å². The standard InChI is InChI=1S/C16H27N3OS/c1-3-8-17-12-6-5-7-13-15(12)21-16(18-13)14-11-19(4-2)9-10-20-14/h12,14,17H,3-11H2,1-2H3. The van der Waals surface area contributed by atoms with Crippen molar-refractivity contribution in [3.05, 3.63) is 15.6 Å². The smallest absolute Gasteiger partial charge is 0.123 e. The number of ether oxygens (including phenoxy) is 1. The van der Waals surface area contributed by atoms with E-state index in [1.54, 1.807) is 0 Å². The average molecular weight is 309 g/mol. The highest BCUT2D eigenvalue weighted by molar-refractivity contribution is 7.11. The van der Waals surface area contributed by atoms with Crippen molar-refractivity contribution in [3.63, 3.8) is 0 Å². The van der Waals surface area contributed by atoms with Crippen LogP contribution in [0.3, 0.4) is 0 Å². The molecule has 2 unspecified atom stereocenters. The maximum absolute atomic E-state index is 5.98. The Labute approximate surface area is 131 Å². The fourth-order valence-electron chi connectivity index (χ4n) is 3.23. The molecule has 1 saturated heterocycles. The number of nitrogens with zero attached hydrogens (tertiary/aromatic N) is 2. The number of rotatable bonds is 5. The third-order valence-electron chi connectivity index (χ3n) is 4.48. The van der Waals surface area contributed by atoms with Gasteiger partial charge < -0.3 is 10.1 Å².